The Morgan fingerprint density at radius 2 is 1.87 bits per heavy atom. The van der Waals surface area contributed by atoms with Crippen LogP contribution in [-0.4, -0.2) is 18.8 Å². The van der Waals surface area contributed by atoms with Crippen LogP contribution in [0.5, 0.6) is 5.75 Å². The molecule has 122 valence electrons. The zero-order chi connectivity index (χ0) is 16.7. The van der Waals surface area contributed by atoms with Gasteiger partial charge in [-0.15, -0.1) is 11.8 Å². The number of nitrogens with one attached hydrogen (secondary N) is 1. The Kier molecular flexibility index (Phi) is 6.53. The van der Waals surface area contributed by atoms with Crippen LogP contribution in [0.15, 0.2) is 48.5 Å². The topological polar surface area (TPSA) is 38.3 Å². The molecule has 23 heavy (non-hydrogen) atoms. The molecule has 2 aromatic rings. The maximum absolute atomic E-state index is 12.1. The third kappa shape index (κ3) is 5.32. The Labute approximate surface area is 142 Å². The summed E-state index contributed by atoms with van der Waals surface area (Å²) in [6, 6.07) is 16.0. The van der Waals surface area contributed by atoms with Crippen LogP contribution in [-0.2, 0) is 10.5 Å². The number of hydrogen-bond acceptors (Lipinski definition) is 3. The summed E-state index contributed by atoms with van der Waals surface area (Å²) in [5.74, 6) is 2.21. The van der Waals surface area contributed by atoms with Gasteiger partial charge in [0.15, 0.2) is 0 Å². The van der Waals surface area contributed by atoms with Crippen LogP contribution in [0.4, 0.5) is 0 Å². The number of carbonyl (C=O) groups excluding carboxylic acids is 1. The van der Waals surface area contributed by atoms with E-state index in [4.69, 9.17) is 4.74 Å². The van der Waals surface area contributed by atoms with E-state index in [2.05, 4.69) is 24.4 Å². The minimum atomic E-state index is -0.00697. The van der Waals surface area contributed by atoms with Crippen LogP contribution >= 0.6 is 11.8 Å². The van der Waals surface area contributed by atoms with Crippen LogP contribution in [0.1, 0.15) is 29.7 Å². The van der Waals surface area contributed by atoms with Gasteiger partial charge in [-0.3, -0.25) is 4.79 Å². The first-order chi connectivity index (χ1) is 11.1. The number of aryl methyl sites for hydroxylation is 1. The number of methoxy groups -OCH3 is 1. The average molecular weight is 329 g/mol. The molecular weight excluding hydrogens is 306 g/mol. The van der Waals surface area contributed by atoms with Crippen molar-refractivity contribution in [1.29, 1.82) is 0 Å². The Bertz CT molecular complexity index is 640. The molecule has 0 spiro atoms. The first kappa shape index (κ1) is 17.4. The van der Waals surface area contributed by atoms with Crippen molar-refractivity contribution >= 4 is 17.7 Å². The number of thioether (sulfide) groups is 1. The van der Waals surface area contributed by atoms with Crippen molar-refractivity contribution in [3.63, 3.8) is 0 Å². The van der Waals surface area contributed by atoms with Gasteiger partial charge in [-0.2, -0.15) is 0 Å². The number of rotatable bonds is 7. The van der Waals surface area contributed by atoms with Gasteiger partial charge >= 0.3 is 0 Å². The normalized spacial score (nSPS) is 11.8. The van der Waals surface area contributed by atoms with Crippen molar-refractivity contribution in [3.05, 3.63) is 65.2 Å². The Morgan fingerprint density at radius 1 is 1.17 bits per heavy atom. The quantitative estimate of drug-likeness (QED) is 0.830. The molecule has 0 bridgehead atoms. The van der Waals surface area contributed by atoms with Gasteiger partial charge < -0.3 is 10.1 Å². The summed E-state index contributed by atoms with van der Waals surface area (Å²) in [6.45, 7) is 4.09. The second kappa shape index (κ2) is 8.63. The molecule has 0 aromatic heterocycles. The number of amides is 1. The smallest absolute Gasteiger partial charge is 0.230 e. The van der Waals surface area contributed by atoms with E-state index in [1.807, 2.05) is 43.3 Å². The van der Waals surface area contributed by atoms with Crippen LogP contribution in [0, 0.1) is 6.92 Å². The van der Waals surface area contributed by atoms with Crippen LogP contribution in [0.3, 0.4) is 0 Å². The maximum atomic E-state index is 12.1. The predicted octanol–water partition coefficient (Wildman–Crippen LogP) is 4.11. The minimum absolute atomic E-state index is 0.00697. The maximum Gasteiger partial charge on any atom is 0.230 e. The zero-order valence-corrected chi connectivity index (χ0v) is 14.7. The zero-order valence-electron chi connectivity index (χ0n) is 13.8. The van der Waals surface area contributed by atoms with Crippen molar-refractivity contribution in [3.8, 4) is 5.75 Å². The van der Waals surface area contributed by atoms with Crippen LogP contribution < -0.4 is 10.1 Å². The number of ether oxygens (including phenoxy) is 1. The highest BCUT2D eigenvalue weighted by molar-refractivity contribution is 7.99. The molecule has 4 heteroatoms. The highest BCUT2D eigenvalue weighted by Crippen LogP contribution is 2.18. The molecule has 3 nitrogen and oxygen atoms in total. The highest BCUT2D eigenvalue weighted by atomic mass is 32.2. The third-order valence-electron chi connectivity index (χ3n) is 3.75. The summed E-state index contributed by atoms with van der Waals surface area (Å²) < 4.78 is 5.14. The SMILES string of the molecule is COc1ccc([C@H](C)NC(=O)CSCc2ccccc2C)cc1. The lowest BCUT2D eigenvalue weighted by Gasteiger charge is -2.15. The lowest BCUT2D eigenvalue weighted by molar-refractivity contribution is -0.119. The molecule has 0 saturated carbocycles. The molecular formula is C19H23NO2S. The van der Waals surface area contributed by atoms with Gasteiger partial charge in [0.2, 0.25) is 5.91 Å². The van der Waals surface area contributed by atoms with Gasteiger partial charge in [-0.05, 0) is 42.7 Å². The standard InChI is InChI=1S/C19H23NO2S/c1-14-6-4-5-7-17(14)12-23-13-19(21)20-15(2)16-8-10-18(22-3)11-9-16/h4-11,15H,12-13H2,1-3H3,(H,20,21)/t15-/m0/s1. The molecule has 1 atom stereocenters. The van der Waals surface area contributed by atoms with E-state index in [1.54, 1.807) is 18.9 Å². The van der Waals surface area contributed by atoms with E-state index in [9.17, 15) is 4.79 Å². The van der Waals surface area contributed by atoms with E-state index in [0.717, 1.165) is 17.1 Å². The summed E-state index contributed by atoms with van der Waals surface area (Å²) >= 11 is 1.64. The molecule has 0 radical (unpaired) electrons. The fourth-order valence-electron chi connectivity index (χ4n) is 2.28. The van der Waals surface area contributed by atoms with Gasteiger partial charge in [0.25, 0.3) is 0 Å². The Morgan fingerprint density at radius 3 is 2.52 bits per heavy atom. The molecule has 2 rings (SSSR count). The molecule has 0 fully saturated rings. The van der Waals surface area contributed by atoms with Crippen LogP contribution in [0.25, 0.3) is 0 Å². The van der Waals surface area contributed by atoms with Crippen molar-refractivity contribution in [2.75, 3.05) is 12.9 Å². The molecule has 0 heterocycles. The van der Waals surface area contributed by atoms with E-state index >= 15 is 0 Å². The summed E-state index contributed by atoms with van der Waals surface area (Å²) in [6.07, 6.45) is 0. The van der Waals surface area contributed by atoms with Gasteiger partial charge in [0.05, 0.1) is 18.9 Å². The minimum Gasteiger partial charge on any atom is -0.497 e. The third-order valence-corrected chi connectivity index (χ3v) is 4.73. The molecule has 1 amide bonds. The summed E-state index contributed by atoms with van der Waals surface area (Å²) in [5.41, 5.74) is 3.63. The van der Waals surface area contributed by atoms with Crippen molar-refractivity contribution in [2.24, 2.45) is 0 Å². The molecule has 1 N–H and O–H groups in total. The summed E-state index contributed by atoms with van der Waals surface area (Å²) in [4.78, 5) is 12.1. The van der Waals surface area contributed by atoms with Gasteiger partial charge in [0.1, 0.15) is 5.75 Å². The van der Waals surface area contributed by atoms with Crippen molar-refractivity contribution in [2.45, 2.75) is 25.6 Å². The van der Waals surface area contributed by atoms with E-state index < -0.39 is 0 Å². The van der Waals surface area contributed by atoms with Crippen molar-refractivity contribution < 1.29 is 9.53 Å². The van der Waals surface area contributed by atoms with Crippen molar-refractivity contribution in [1.82, 2.24) is 5.32 Å². The summed E-state index contributed by atoms with van der Waals surface area (Å²) in [5, 5.41) is 3.03. The first-order valence-corrected chi connectivity index (χ1v) is 8.81. The molecule has 2 aromatic carbocycles. The predicted molar refractivity (Wildman–Crippen MR) is 96.9 cm³/mol. The van der Waals surface area contributed by atoms with E-state index in [0.29, 0.717) is 5.75 Å². The second-order valence-corrected chi connectivity index (χ2v) is 6.47. The summed E-state index contributed by atoms with van der Waals surface area (Å²) in [7, 11) is 1.64. The Balaban J connectivity index is 1.78. The number of carbonyl (C=O) groups is 1. The lowest BCUT2D eigenvalue weighted by atomic mass is 10.1. The van der Waals surface area contributed by atoms with Gasteiger partial charge in [-0.1, -0.05) is 36.4 Å². The van der Waals surface area contributed by atoms with Crippen LogP contribution in [0.2, 0.25) is 0 Å². The fraction of sp³-hybridized carbons (Fsp3) is 0.316. The fourth-order valence-corrected chi connectivity index (χ4v) is 3.20. The Hall–Kier alpha value is -1.94. The number of hydrogen-bond donors (Lipinski definition) is 1. The van der Waals surface area contributed by atoms with Gasteiger partial charge in [-0.25, -0.2) is 0 Å². The largest absolute Gasteiger partial charge is 0.497 e. The first-order valence-electron chi connectivity index (χ1n) is 7.65. The average Bonchev–Trinajstić information content (AvgIpc) is 2.56. The molecule has 0 saturated heterocycles. The lowest BCUT2D eigenvalue weighted by Crippen LogP contribution is -2.28. The van der Waals surface area contributed by atoms with E-state index in [-0.39, 0.29) is 11.9 Å². The second-order valence-electron chi connectivity index (χ2n) is 5.48. The monoisotopic (exact) mass is 329 g/mol. The number of benzene rings is 2. The molecule has 0 aliphatic carbocycles. The van der Waals surface area contributed by atoms with E-state index in [1.165, 1.54) is 11.1 Å². The molecule has 0 aliphatic rings. The van der Waals surface area contributed by atoms with Gasteiger partial charge in [0, 0.05) is 5.75 Å². The molecule has 0 aliphatic heterocycles. The highest BCUT2D eigenvalue weighted by Gasteiger charge is 2.10. The molecule has 0 unspecified atom stereocenters.